The molecule has 1 saturated heterocycles. The van der Waals surface area contributed by atoms with Crippen molar-refractivity contribution < 1.29 is 23.9 Å². The minimum absolute atomic E-state index is 0.170. The monoisotopic (exact) mass is 536 g/mol. The Balaban J connectivity index is 1.46. The second-order valence-electron chi connectivity index (χ2n) is 10.4. The van der Waals surface area contributed by atoms with Gasteiger partial charge in [0.25, 0.3) is 0 Å². The number of nitrogens with one attached hydrogen (secondary N) is 2. The third-order valence-corrected chi connectivity index (χ3v) is 7.53. The van der Waals surface area contributed by atoms with E-state index in [-0.39, 0.29) is 17.7 Å². The van der Waals surface area contributed by atoms with Crippen molar-refractivity contribution in [2.75, 3.05) is 40.4 Å². The molecule has 4 rings (SSSR count). The van der Waals surface area contributed by atoms with Gasteiger partial charge in [0.2, 0.25) is 17.7 Å². The quantitative estimate of drug-likeness (QED) is 0.609. The molecule has 0 saturated carbocycles. The summed E-state index contributed by atoms with van der Waals surface area (Å²) in [5, 5.41) is 5.93. The number of amides is 3. The maximum absolute atomic E-state index is 13.4. The third kappa shape index (κ3) is 7.72. The smallest absolute Gasteiger partial charge is 0.245 e. The average Bonchev–Trinajstić information content (AvgIpc) is 3.41. The summed E-state index contributed by atoms with van der Waals surface area (Å²) in [5.41, 5.74) is 3.35. The highest BCUT2D eigenvalue weighted by Gasteiger charge is 2.30. The molecule has 0 aromatic heterocycles. The summed E-state index contributed by atoms with van der Waals surface area (Å²) in [5.74, 6) is 1.01. The van der Waals surface area contributed by atoms with E-state index in [1.165, 1.54) is 16.0 Å². The maximum atomic E-state index is 13.4. The van der Waals surface area contributed by atoms with E-state index in [2.05, 4.69) is 27.7 Å². The van der Waals surface area contributed by atoms with Crippen molar-refractivity contribution in [3.63, 3.8) is 0 Å². The molecule has 9 nitrogen and oxygen atoms in total. The topological polar surface area (TPSA) is 100 Å². The fourth-order valence-corrected chi connectivity index (χ4v) is 5.07. The van der Waals surface area contributed by atoms with E-state index in [9.17, 15) is 14.4 Å². The van der Waals surface area contributed by atoms with E-state index in [1.54, 1.807) is 21.1 Å². The standard InChI is InChI=1S/C30H40N4O5/c1-21-29(36)31-14-5-16-34(20-23-9-12-27-24(18-23)13-17-39-27)15-4-6-28(35)32-26(30(37)33(21)2)19-22-7-10-25(38-3)11-8-22/h7-12,18,21,26H,4-6,13-17,19-20H2,1-3H3,(H,31,36)(H,32,35)/t21-,26-/m0/s1. The molecular formula is C30H40N4O5. The molecule has 2 aromatic rings. The molecular weight excluding hydrogens is 496 g/mol. The summed E-state index contributed by atoms with van der Waals surface area (Å²) in [6, 6.07) is 12.3. The van der Waals surface area contributed by atoms with E-state index < -0.39 is 12.1 Å². The minimum atomic E-state index is -0.777. The van der Waals surface area contributed by atoms with Crippen molar-refractivity contribution in [1.82, 2.24) is 20.4 Å². The van der Waals surface area contributed by atoms with Crippen molar-refractivity contribution in [3.8, 4) is 11.5 Å². The number of methoxy groups -OCH3 is 1. The van der Waals surface area contributed by atoms with Crippen molar-refractivity contribution in [1.29, 1.82) is 0 Å². The largest absolute Gasteiger partial charge is 0.497 e. The Labute approximate surface area is 230 Å². The molecule has 39 heavy (non-hydrogen) atoms. The number of nitrogens with zero attached hydrogens (tertiary/aromatic N) is 2. The molecule has 2 atom stereocenters. The zero-order chi connectivity index (χ0) is 27.8. The van der Waals surface area contributed by atoms with E-state index in [0.29, 0.717) is 25.8 Å². The molecule has 2 N–H and O–H groups in total. The van der Waals surface area contributed by atoms with Crippen LogP contribution in [0.5, 0.6) is 11.5 Å². The zero-order valence-corrected chi connectivity index (χ0v) is 23.2. The van der Waals surface area contributed by atoms with Gasteiger partial charge in [-0.1, -0.05) is 24.3 Å². The van der Waals surface area contributed by atoms with Crippen LogP contribution in [-0.2, 0) is 33.8 Å². The Bertz CT molecular complexity index is 1150. The lowest BCUT2D eigenvalue weighted by molar-refractivity contribution is -0.141. The van der Waals surface area contributed by atoms with Crippen LogP contribution in [0.3, 0.4) is 0 Å². The van der Waals surface area contributed by atoms with Gasteiger partial charge in [0.05, 0.1) is 13.7 Å². The zero-order valence-electron chi connectivity index (χ0n) is 23.2. The normalized spacial score (nSPS) is 21.7. The van der Waals surface area contributed by atoms with Crippen molar-refractivity contribution in [2.45, 2.75) is 57.7 Å². The second-order valence-corrected chi connectivity index (χ2v) is 10.4. The SMILES string of the molecule is COc1ccc(C[C@@H]2NC(=O)CCCN(Cc3ccc4c(c3)CCO4)CCCNC(=O)[C@H](C)N(C)C2=O)cc1. The Morgan fingerprint density at radius 3 is 2.51 bits per heavy atom. The predicted molar refractivity (Wildman–Crippen MR) is 149 cm³/mol. The number of rotatable bonds is 5. The summed E-state index contributed by atoms with van der Waals surface area (Å²) >= 11 is 0. The number of carbonyl (C=O) groups is 3. The van der Waals surface area contributed by atoms with Gasteiger partial charge < -0.3 is 25.0 Å². The molecule has 2 aromatic carbocycles. The molecule has 0 unspecified atom stereocenters. The summed E-state index contributed by atoms with van der Waals surface area (Å²) in [6.45, 7) is 5.25. The molecule has 0 radical (unpaired) electrons. The molecule has 2 aliphatic heterocycles. The summed E-state index contributed by atoms with van der Waals surface area (Å²) in [6.07, 6.45) is 3.01. The van der Waals surface area contributed by atoms with E-state index >= 15 is 0 Å². The Morgan fingerprint density at radius 1 is 1.00 bits per heavy atom. The number of carbonyl (C=O) groups excluding carboxylic acids is 3. The lowest BCUT2D eigenvalue weighted by Gasteiger charge is -2.29. The van der Waals surface area contributed by atoms with Crippen LogP contribution in [0, 0.1) is 0 Å². The molecule has 0 bridgehead atoms. The van der Waals surface area contributed by atoms with Gasteiger partial charge in [-0.3, -0.25) is 19.3 Å². The van der Waals surface area contributed by atoms with Gasteiger partial charge in [-0.25, -0.2) is 0 Å². The second kappa shape index (κ2) is 13.5. The van der Waals surface area contributed by atoms with Crippen molar-refractivity contribution in [2.24, 2.45) is 0 Å². The first-order valence-corrected chi connectivity index (χ1v) is 13.8. The molecule has 210 valence electrons. The molecule has 9 heteroatoms. The van der Waals surface area contributed by atoms with Gasteiger partial charge in [-0.2, -0.15) is 0 Å². The van der Waals surface area contributed by atoms with Crippen LogP contribution in [0.2, 0.25) is 0 Å². The lowest BCUT2D eigenvalue weighted by atomic mass is 10.0. The van der Waals surface area contributed by atoms with Crippen LogP contribution >= 0.6 is 0 Å². The summed E-state index contributed by atoms with van der Waals surface area (Å²) in [7, 11) is 3.21. The number of hydrogen-bond donors (Lipinski definition) is 2. The molecule has 1 fully saturated rings. The van der Waals surface area contributed by atoms with E-state index in [0.717, 1.165) is 56.1 Å². The van der Waals surface area contributed by atoms with Crippen LogP contribution in [0.4, 0.5) is 0 Å². The number of fused-ring (bicyclic) bond motifs is 1. The van der Waals surface area contributed by atoms with Gasteiger partial charge >= 0.3 is 0 Å². The molecule has 0 spiro atoms. The first-order valence-electron chi connectivity index (χ1n) is 13.8. The highest BCUT2D eigenvalue weighted by molar-refractivity contribution is 5.92. The highest BCUT2D eigenvalue weighted by atomic mass is 16.5. The van der Waals surface area contributed by atoms with Crippen molar-refractivity contribution >= 4 is 17.7 Å². The molecule has 2 heterocycles. The van der Waals surface area contributed by atoms with Crippen LogP contribution < -0.4 is 20.1 Å². The van der Waals surface area contributed by atoms with Gasteiger partial charge in [-0.05, 0) is 61.2 Å². The van der Waals surface area contributed by atoms with Gasteiger partial charge in [0, 0.05) is 45.9 Å². The number of benzene rings is 2. The van der Waals surface area contributed by atoms with Crippen LogP contribution in [0.1, 0.15) is 42.9 Å². The maximum Gasteiger partial charge on any atom is 0.245 e. The summed E-state index contributed by atoms with van der Waals surface area (Å²) < 4.78 is 10.9. The van der Waals surface area contributed by atoms with Gasteiger partial charge in [-0.15, -0.1) is 0 Å². The van der Waals surface area contributed by atoms with E-state index in [4.69, 9.17) is 9.47 Å². The van der Waals surface area contributed by atoms with E-state index in [1.807, 2.05) is 30.3 Å². The molecule has 2 aliphatic rings. The van der Waals surface area contributed by atoms with Crippen LogP contribution in [-0.4, -0.2) is 80.0 Å². The van der Waals surface area contributed by atoms with Gasteiger partial charge in [0.1, 0.15) is 23.6 Å². The molecule has 3 amide bonds. The number of likely N-dealkylation sites (N-methyl/N-ethyl adjacent to an activating group) is 1. The number of hydrogen-bond acceptors (Lipinski definition) is 6. The minimum Gasteiger partial charge on any atom is -0.497 e. The first kappa shape index (κ1) is 28.4. The first-order chi connectivity index (χ1) is 18.8. The number of ether oxygens (including phenoxy) is 2. The fourth-order valence-electron chi connectivity index (χ4n) is 5.07. The third-order valence-electron chi connectivity index (χ3n) is 7.53. The Morgan fingerprint density at radius 2 is 1.74 bits per heavy atom. The van der Waals surface area contributed by atoms with Crippen LogP contribution in [0.15, 0.2) is 42.5 Å². The van der Waals surface area contributed by atoms with Crippen LogP contribution in [0.25, 0.3) is 0 Å². The predicted octanol–water partition coefficient (Wildman–Crippen LogP) is 2.31. The molecule has 0 aliphatic carbocycles. The fraction of sp³-hybridized carbons (Fsp3) is 0.500. The Kier molecular flexibility index (Phi) is 9.81. The highest BCUT2D eigenvalue weighted by Crippen LogP contribution is 2.26. The average molecular weight is 537 g/mol. The lowest BCUT2D eigenvalue weighted by Crippen LogP contribution is -2.54. The Hall–Kier alpha value is -3.59. The van der Waals surface area contributed by atoms with Gasteiger partial charge in [0.15, 0.2) is 0 Å². The summed E-state index contributed by atoms with van der Waals surface area (Å²) in [4.78, 5) is 43.0. The van der Waals surface area contributed by atoms with Crippen molar-refractivity contribution in [3.05, 3.63) is 59.2 Å².